The van der Waals surface area contributed by atoms with Crippen LogP contribution in [0.2, 0.25) is 0 Å². The van der Waals surface area contributed by atoms with E-state index in [1.54, 1.807) is 0 Å². The molecule has 0 bridgehead atoms. The number of hydrogen-bond donors (Lipinski definition) is 3. The van der Waals surface area contributed by atoms with Crippen LogP contribution >= 0.6 is 0 Å². The molecule has 4 rings (SSSR count). The van der Waals surface area contributed by atoms with Crippen molar-refractivity contribution in [1.29, 1.82) is 0 Å². The summed E-state index contributed by atoms with van der Waals surface area (Å²) in [7, 11) is 1.45. The molecular formula is C45H81NO5. The highest BCUT2D eigenvalue weighted by Crippen LogP contribution is 2.68. The summed E-state index contributed by atoms with van der Waals surface area (Å²) in [5.74, 6) is 1.96. The summed E-state index contributed by atoms with van der Waals surface area (Å²) >= 11 is 0. The number of fused-ring (bicyclic) bond motifs is 5. The minimum atomic E-state index is -0.387. The zero-order valence-electron chi connectivity index (χ0n) is 33.9. The van der Waals surface area contributed by atoms with Gasteiger partial charge in [-0.25, -0.2) is 0 Å². The molecule has 6 nitrogen and oxygen atoms in total. The van der Waals surface area contributed by atoms with Crippen LogP contribution in [0.5, 0.6) is 0 Å². The van der Waals surface area contributed by atoms with Crippen molar-refractivity contribution in [3.05, 3.63) is 0 Å². The first-order valence-electron chi connectivity index (χ1n) is 22.3. The Morgan fingerprint density at radius 2 is 1.31 bits per heavy atom. The van der Waals surface area contributed by atoms with Gasteiger partial charge < -0.3 is 20.3 Å². The van der Waals surface area contributed by atoms with Crippen molar-refractivity contribution < 1.29 is 24.5 Å². The van der Waals surface area contributed by atoms with Gasteiger partial charge in [0.25, 0.3) is 0 Å². The molecule has 0 unspecified atom stereocenters. The second-order valence-electron chi connectivity index (χ2n) is 18.6. The Morgan fingerprint density at radius 1 is 0.745 bits per heavy atom. The lowest BCUT2D eigenvalue weighted by atomic mass is 9.43. The number of rotatable bonds is 23. The molecule has 0 aromatic rings. The SMILES string of the molecule is CCCCCCCCCCCCCCCCCCCC(=O)N[C@H]1CC[C@@]2(C)[C@@H](C1)C[C@@H](O)[C@@H]1[C@@H]2C[C@H](O)[C@]2(C)[C@@H]([C@H](C)CCC(=O)OC)CC[C@@H]12. The van der Waals surface area contributed by atoms with E-state index in [-0.39, 0.29) is 46.9 Å². The maximum atomic E-state index is 13.0. The first-order valence-corrected chi connectivity index (χ1v) is 22.3. The number of amides is 1. The maximum absolute atomic E-state index is 13.0. The predicted octanol–water partition coefficient (Wildman–Crippen LogP) is 10.7. The minimum Gasteiger partial charge on any atom is -0.469 e. The molecule has 0 radical (unpaired) electrons. The van der Waals surface area contributed by atoms with Crippen LogP contribution in [0.15, 0.2) is 0 Å². The van der Waals surface area contributed by atoms with Crippen LogP contribution in [-0.4, -0.2) is 47.4 Å². The molecule has 0 aromatic carbocycles. The van der Waals surface area contributed by atoms with Crippen molar-refractivity contribution in [3.63, 3.8) is 0 Å². The van der Waals surface area contributed by atoms with Gasteiger partial charge in [0.2, 0.25) is 5.91 Å². The van der Waals surface area contributed by atoms with Gasteiger partial charge in [-0.1, -0.05) is 130 Å². The van der Waals surface area contributed by atoms with Gasteiger partial charge in [-0.2, -0.15) is 0 Å². The molecule has 51 heavy (non-hydrogen) atoms. The molecule has 0 saturated heterocycles. The average Bonchev–Trinajstić information content (AvgIpc) is 3.47. The van der Waals surface area contributed by atoms with Crippen molar-refractivity contribution in [2.24, 2.45) is 46.3 Å². The van der Waals surface area contributed by atoms with Crippen molar-refractivity contribution in [1.82, 2.24) is 5.32 Å². The smallest absolute Gasteiger partial charge is 0.305 e. The van der Waals surface area contributed by atoms with Crippen molar-refractivity contribution in [2.75, 3.05) is 7.11 Å². The van der Waals surface area contributed by atoms with Gasteiger partial charge in [-0.3, -0.25) is 9.59 Å². The Bertz CT molecular complexity index is 1030. The zero-order valence-corrected chi connectivity index (χ0v) is 33.9. The third-order valence-electron chi connectivity index (χ3n) is 15.5. The fraction of sp³-hybridized carbons (Fsp3) is 0.956. The monoisotopic (exact) mass is 716 g/mol. The number of carbonyl (C=O) groups is 2. The van der Waals surface area contributed by atoms with E-state index < -0.39 is 0 Å². The standard InChI is InChI=1S/C45H81NO5/c1-6-7-8-9-10-11-12-13-14-15-16-17-18-19-20-21-22-23-41(49)46-35-28-29-44(3)34(30-35)31-39(47)43-37-26-25-36(33(2)24-27-42(50)51-5)45(37,4)40(48)32-38(43)44/h33-40,43,47-48H,6-32H2,1-5H3,(H,46,49)/t33-,34+,35+,36-,37+,38+,39-,40+,43+,44+,45-/m1/s1. The van der Waals surface area contributed by atoms with Crippen molar-refractivity contribution in [3.8, 4) is 0 Å². The highest BCUT2D eigenvalue weighted by molar-refractivity contribution is 5.76. The summed E-state index contributed by atoms with van der Waals surface area (Å²) in [6, 6.07) is 0.204. The van der Waals surface area contributed by atoms with Gasteiger partial charge in [-0.15, -0.1) is 0 Å². The van der Waals surface area contributed by atoms with Crippen LogP contribution in [0, 0.1) is 46.3 Å². The quantitative estimate of drug-likeness (QED) is 0.0723. The molecule has 0 aliphatic heterocycles. The number of esters is 1. The average molecular weight is 716 g/mol. The number of nitrogens with one attached hydrogen (secondary N) is 1. The van der Waals surface area contributed by atoms with Gasteiger partial charge in [0.15, 0.2) is 0 Å². The van der Waals surface area contributed by atoms with Gasteiger partial charge in [0, 0.05) is 18.9 Å². The summed E-state index contributed by atoms with van der Waals surface area (Å²) in [6.45, 7) is 9.26. The highest BCUT2D eigenvalue weighted by atomic mass is 16.5. The topological polar surface area (TPSA) is 95.9 Å². The van der Waals surface area contributed by atoms with E-state index in [0.29, 0.717) is 42.4 Å². The first kappa shape index (κ1) is 42.6. The van der Waals surface area contributed by atoms with E-state index in [1.807, 2.05) is 0 Å². The maximum Gasteiger partial charge on any atom is 0.305 e. The van der Waals surface area contributed by atoms with Gasteiger partial charge in [0.1, 0.15) is 0 Å². The Kier molecular flexibility index (Phi) is 17.6. The lowest BCUT2D eigenvalue weighted by Crippen LogP contribution is -2.63. The lowest BCUT2D eigenvalue weighted by Gasteiger charge is -2.63. The Hall–Kier alpha value is -1.14. The van der Waals surface area contributed by atoms with E-state index in [0.717, 1.165) is 64.2 Å². The second kappa shape index (κ2) is 21.1. The van der Waals surface area contributed by atoms with E-state index in [9.17, 15) is 19.8 Å². The highest BCUT2D eigenvalue weighted by Gasteiger charge is 2.65. The summed E-state index contributed by atoms with van der Waals surface area (Å²) in [5.41, 5.74) is -0.131. The summed E-state index contributed by atoms with van der Waals surface area (Å²) < 4.78 is 4.91. The molecule has 6 heteroatoms. The fourth-order valence-corrected chi connectivity index (χ4v) is 12.2. The van der Waals surface area contributed by atoms with Crippen LogP contribution in [-0.2, 0) is 14.3 Å². The molecule has 1 amide bonds. The van der Waals surface area contributed by atoms with E-state index in [2.05, 4.69) is 33.0 Å². The van der Waals surface area contributed by atoms with Crippen LogP contribution in [0.3, 0.4) is 0 Å². The Balaban J connectivity index is 1.11. The third kappa shape index (κ3) is 11.2. The normalized spacial score (nSPS) is 35.0. The number of carbonyl (C=O) groups excluding carboxylic acids is 2. The molecule has 3 N–H and O–H groups in total. The third-order valence-corrected chi connectivity index (χ3v) is 15.5. The molecule has 0 aromatic heterocycles. The summed E-state index contributed by atoms with van der Waals surface area (Å²) in [4.78, 5) is 24.8. The van der Waals surface area contributed by atoms with Gasteiger partial charge in [-0.05, 0) is 104 Å². The molecule has 4 aliphatic rings. The van der Waals surface area contributed by atoms with Crippen LogP contribution in [0.25, 0.3) is 0 Å². The zero-order chi connectivity index (χ0) is 36.9. The minimum absolute atomic E-state index is 0.0928. The lowest BCUT2D eigenvalue weighted by molar-refractivity contribution is -0.202. The molecule has 4 aliphatic carbocycles. The molecule has 11 atom stereocenters. The fourth-order valence-electron chi connectivity index (χ4n) is 12.2. The number of unbranched alkanes of at least 4 members (excludes halogenated alkanes) is 16. The first-order chi connectivity index (χ1) is 24.6. The number of aliphatic hydroxyl groups excluding tert-OH is 2. The second-order valence-corrected chi connectivity index (χ2v) is 18.6. The number of methoxy groups -OCH3 is 1. The van der Waals surface area contributed by atoms with Gasteiger partial charge >= 0.3 is 5.97 Å². The van der Waals surface area contributed by atoms with Crippen LogP contribution in [0.1, 0.15) is 201 Å². The van der Waals surface area contributed by atoms with Crippen LogP contribution in [0.4, 0.5) is 0 Å². The number of aliphatic hydroxyl groups is 2. The van der Waals surface area contributed by atoms with E-state index in [4.69, 9.17) is 4.74 Å². The van der Waals surface area contributed by atoms with Gasteiger partial charge in [0.05, 0.1) is 19.3 Å². The van der Waals surface area contributed by atoms with Crippen molar-refractivity contribution in [2.45, 2.75) is 219 Å². The summed E-state index contributed by atoms with van der Waals surface area (Å²) in [5, 5.41) is 27.1. The molecule has 0 spiro atoms. The molecule has 0 heterocycles. The molecular weight excluding hydrogens is 634 g/mol. The van der Waals surface area contributed by atoms with Crippen molar-refractivity contribution >= 4 is 11.9 Å². The molecule has 4 saturated carbocycles. The summed E-state index contributed by atoms with van der Waals surface area (Å²) in [6.07, 6.45) is 30.7. The Labute approximate surface area is 313 Å². The van der Waals surface area contributed by atoms with E-state index in [1.165, 1.54) is 103 Å². The van der Waals surface area contributed by atoms with Crippen LogP contribution < -0.4 is 5.32 Å². The number of hydrogen-bond acceptors (Lipinski definition) is 5. The molecule has 4 fully saturated rings. The van der Waals surface area contributed by atoms with E-state index >= 15 is 0 Å². The largest absolute Gasteiger partial charge is 0.469 e. The Morgan fingerprint density at radius 3 is 1.88 bits per heavy atom. The molecule has 296 valence electrons. The predicted molar refractivity (Wildman–Crippen MR) is 209 cm³/mol. The number of ether oxygens (including phenoxy) is 1.